The predicted octanol–water partition coefficient (Wildman–Crippen LogP) is 1.08. The van der Waals surface area contributed by atoms with E-state index in [0.717, 1.165) is 32.2 Å². The van der Waals surface area contributed by atoms with E-state index in [-0.39, 0.29) is 11.8 Å². The first-order valence-corrected chi connectivity index (χ1v) is 5.19. The van der Waals surface area contributed by atoms with E-state index in [1.165, 1.54) is 0 Å². The van der Waals surface area contributed by atoms with E-state index < -0.39 is 0 Å². The third-order valence-electron chi connectivity index (χ3n) is 3.03. The summed E-state index contributed by atoms with van der Waals surface area (Å²) in [5, 5.41) is 2.86. The van der Waals surface area contributed by atoms with Gasteiger partial charge >= 0.3 is 0 Å². The van der Waals surface area contributed by atoms with Gasteiger partial charge in [0, 0.05) is 12.5 Å². The molecule has 0 aromatic rings. The molecule has 2 aliphatic heterocycles. The van der Waals surface area contributed by atoms with E-state index in [1.54, 1.807) is 0 Å². The minimum atomic E-state index is 0.218. The molecular formula is C10H17NO2. The Morgan fingerprint density at radius 1 is 1.46 bits per heavy atom. The van der Waals surface area contributed by atoms with Gasteiger partial charge < -0.3 is 10.1 Å². The third kappa shape index (κ3) is 2.02. The van der Waals surface area contributed by atoms with Crippen LogP contribution in [0.3, 0.4) is 0 Å². The minimum Gasteiger partial charge on any atom is -0.375 e. The largest absolute Gasteiger partial charge is 0.375 e. The molecule has 0 saturated carbocycles. The topological polar surface area (TPSA) is 38.3 Å². The molecule has 0 bridgehead atoms. The maximum Gasteiger partial charge on any atom is 0.223 e. The lowest BCUT2D eigenvalue weighted by atomic mass is 9.98. The molecule has 2 heterocycles. The van der Waals surface area contributed by atoms with Crippen LogP contribution < -0.4 is 5.32 Å². The highest BCUT2D eigenvalue weighted by Crippen LogP contribution is 2.27. The van der Waals surface area contributed by atoms with Crippen LogP contribution in [-0.2, 0) is 9.53 Å². The summed E-state index contributed by atoms with van der Waals surface area (Å²) in [4.78, 5) is 11.3. The molecule has 3 nitrogen and oxygen atoms in total. The van der Waals surface area contributed by atoms with E-state index in [1.807, 2.05) is 0 Å². The molecule has 2 saturated heterocycles. The van der Waals surface area contributed by atoms with Gasteiger partial charge in [-0.3, -0.25) is 4.79 Å². The van der Waals surface area contributed by atoms with Crippen molar-refractivity contribution >= 4 is 5.91 Å². The van der Waals surface area contributed by atoms with Gasteiger partial charge in [-0.2, -0.15) is 0 Å². The van der Waals surface area contributed by atoms with Crippen molar-refractivity contribution in [3.8, 4) is 0 Å². The molecule has 1 N–H and O–H groups in total. The molecule has 0 aromatic carbocycles. The second kappa shape index (κ2) is 3.66. The smallest absolute Gasteiger partial charge is 0.223 e. The van der Waals surface area contributed by atoms with Gasteiger partial charge in [0.05, 0.1) is 12.2 Å². The number of ether oxygens (including phenoxy) is 1. The number of carbonyl (C=O) groups is 1. The van der Waals surface area contributed by atoms with Crippen LogP contribution in [0.15, 0.2) is 0 Å². The van der Waals surface area contributed by atoms with Crippen molar-refractivity contribution in [2.45, 2.75) is 44.8 Å². The Hall–Kier alpha value is -0.570. The van der Waals surface area contributed by atoms with Crippen LogP contribution in [0.25, 0.3) is 0 Å². The molecule has 2 aliphatic rings. The second-order valence-corrected chi connectivity index (χ2v) is 4.16. The number of nitrogens with one attached hydrogen (secondary N) is 1. The second-order valence-electron chi connectivity index (χ2n) is 4.16. The van der Waals surface area contributed by atoms with Crippen LogP contribution in [0.4, 0.5) is 0 Å². The van der Waals surface area contributed by atoms with Crippen LogP contribution >= 0.6 is 0 Å². The quantitative estimate of drug-likeness (QED) is 0.695. The van der Waals surface area contributed by atoms with E-state index in [9.17, 15) is 4.79 Å². The maximum absolute atomic E-state index is 11.3. The highest BCUT2D eigenvalue weighted by Gasteiger charge is 2.30. The zero-order valence-corrected chi connectivity index (χ0v) is 8.08. The Balaban J connectivity index is 1.81. The summed E-state index contributed by atoms with van der Waals surface area (Å²) in [5.74, 6) is 0.443. The van der Waals surface area contributed by atoms with Crippen molar-refractivity contribution in [1.29, 1.82) is 0 Å². The predicted molar refractivity (Wildman–Crippen MR) is 49.3 cm³/mol. The minimum absolute atomic E-state index is 0.218. The zero-order valence-electron chi connectivity index (χ0n) is 8.08. The zero-order chi connectivity index (χ0) is 9.26. The standard InChI is InChI=1S/C10H17NO2/c1-7-2-3-9(13-7)6-8-4-5-11-10(8)12/h7-9H,2-6H2,1H3,(H,11,12). The summed E-state index contributed by atoms with van der Waals surface area (Å²) < 4.78 is 5.69. The van der Waals surface area contributed by atoms with Crippen molar-refractivity contribution in [3.63, 3.8) is 0 Å². The summed E-state index contributed by atoms with van der Waals surface area (Å²) in [7, 11) is 0. The van der Waals surface area contributed by atoms with Gasteiger partial charge in [-0.15, -0.1) is 0 Å². The first kappa shape index (κ1) is 9.00. The number of hydrogen-bond acceptors (Lipinski definition) is 2. The molecule has 2 fully saturated rings. The van der Waals surface area contributed by atoms with Gasteiger partial charge in [0.2, 0.25) is 5.91 Å². The molecular weight excluding hydrogens is 166 g/mol. The first-order valence-electron chi connectivity index (χ1n) is 5.19. The Labute approximate surface area is 78.8 Å². The van der Waals surface area contributed by atoms with Crippen LogP contribution in [0, 0.1) is 5.92 Å². The third-order valence-corrected chi connectivity index (χ3v) is 3.03. The SMILES string of the molecule is CC1CCC(CC2CCNC2=O)O1. The Morgan fingerprint density at radius 2 is 2.31 bits per heavy atom. The van der Waals surface area contributed by atoms with E-state index in [0.29, 0.717) is 12.2 Å². The van der Waals surface area contributed by atoms with E-state index >= 15 is 0 Å². The highest BCUT2D eigenvalue weighted by atomic mass is 16.5. The fraction of sp³-hybridized carbons (Fsp3) is 0.900. The van der Waals surface area contributed by atoms with Crippen molar-refractivity contribution in [1.82, 2.24) is 5.32 Å². The van der Waals surface area contributed by atoms with Gasteiger partial charge in [-0.05, 0) is 32.6 Å². The van der Waals surface area contributed by atoms with E-state index in [4.69, 9.17) is 4.74 Å². The molecule has 3 heteroatoms. The van der Waals surface area contributed by atoms with Crippen molar-refractivity contribution < 1.29 is 9.53 Å². The lowest BCUT2D eigenvalue weighted by molar-refractivity contribution is -0.123. The van der Waals surface area contributed by atoms with Crippen molar-refractivity contribution in [2.75, 3.05) is 6.54 Å². The lowest BCUT2D eigenvalue weighted by Gasteiger charge is -2.13. The van der Waals surface area contributed by atoms with Gasteiger partial charge in [0.1, 0.15) is 0 Å². The molecule has 1 amide bonds. The average Bonchev–Trinajstić information content (AvgIpc) is 2.64. The number of rotatable bonds is 2. The van der Waals surface area contributed by atoms with Gasteiger partial charge in [0.15, 0.2) is 0 Å². The van der Waals surface area contributed by atoms with Crippen LogP contribution in [-0.4, -0.2) is 24.7 Å². The lowest BCUT2D eigenvalue weighted by Crippen LogP contribution is -2.22. The highest BCUT2D eigenvalue weighted by molar-refractivity contribution is 5.80. The van der Waals surface area contributed by atoms with E-state index in [2.05, 4.69) is 12.2 Å². The summed E-state index contributed by atoms with van der Waals surface area (Å²) in [6.45, 7) is 2.96. The normalized spacial score (nSPS) is 39.5. The van der Waals surface area contributed by atoms with Crippen LogP contribution in [0.2, 0.25) is 0 Å². The summed E-state index contributed by atoms with van der Waals surface area (Å²) in [5.41, 5.74) is 0. The van der Waals surface area contributed by atoms with Crippen molar-refractivity contribution in [2.24, 2.45) is 5.92 Å². The first-order chi connectivity index (χ1) is 6.25. The summed E-state index contributed by atoms with van der Waals surface area (Å²) >= 11 is 0. The molecule has 2 rings (SSSR count). The summed E-state index contributed by atoms with van der Waals surface area (Å²) in [6.07, 6.45) is 4.94. The molecule has 0 aromatic heterocycles. The Morgan fingerprint density at radius 3 is 2.85 bits per heavy atom. The number of hydrogen-bond donors (Lipinski definition) is 1. The maximum atomic E-state index is 11.3. The molecule has 0 aliphatic carbocycles. The molecule has 0 spiro atoms. The van der Waals surface area contributed by atoms with Gasteiger partial charge in [-0.1, -0.05) is 0 Å². The molecule has 74 valence electrons. The van der Waals surface area contributed by atoms with Gasteiger partial charge in [-0.25, -0.2) is 0 Å². The Bertz CT molecular complexity index is 205. The average molecular weight is 183 g/mol. The van der Waals surface area contributed by atoms with Crippen molar-refractivity contribution in [3.05, 3.63) is 0 Å². The van der Waals surface area contributed by atoms with Crippen LogP contribution in [0.1, 0.15) is 32.6 Å². The van der Waals surface area contributed by atoms with Gasteiger partial charge in [0.25, 0.3) is 0 Å². The summed E-state index contributed by atoms with van der Waals surface area (Å²) in [6, 6.07) is 0. The monoisotopic (exact) mass is 183 g/mol. The fourth-order valence-electron chi connectivity index (χ4n) is 2.25. The number of carbonyl (C=O) groups excluding carboxylic acids is 1. The van der Waals surface area contributed by atoms with Crippen LogP contribution in [0.5, 0.6) is 0 Å². The number of amides is 1. The fourth-order valence-corrected chi connectivity index (χ4v) is 2.25. The molecule has 0 radical (unpaired) electrons. The molecule has 3 atom stereocenters. The Kier molecular flexibility index (Phi) is 2.54. The molecule has 3 unspecified atom stereocenters. The molecule has 13 heavy (non-hydrogen) atoms.